The van der Waals surface area contributed by atoms with Crippen molar-refractivity contribution in [2.75, 3.05) is 14.2 Å². The highest BCUT2D eigenvalue weighted by molar-refractivity contribution is 7.87. The molecule has 4 heteroatoms. The molecule has 3 nitrogen and oxygen atoms in total. The molecule has 0 N–H and O–H groups in total. The lowest BCUT2D eigenvalue weighted by atomic mass is 9.96. The van der Waals surface area contributed by atoms with Crippen molar-refractivity contribution >= 4 is 24.1 Å². The van der Waals surface area contributed by atoms with Gasteiger partial charge in [-0.2, -0.15) is 0 Å². The zero-order chi connectivity index (χ0) is 17.6. The van der Waals surface area contributed by atoms with Crippen LogP contribution in [-0.2, 0) is 14.3 Å². The van der Waals surface area contributed by atoms with Crippen LogP contribution >= 0.6 is 7.92 Å². The van der Waals surface area contributed by atoms with Crippen LogP contribution in [0.25, 0.3) is 0 Å². The van der Waals surface area contributed by atoms with Gasteiger partial charge in [0.1, 0.15) is 11.7 Å². The molecule has 2 atom stereocenters. The van der Waals surface area contributed by atoms with Crippen LogP contribution in [0, 0.1) is 5.92 Å². The van der Waals surface area contributed by atoms with Crippen LogP contribution in [0.2, 0.25) is 0 Å². The highest BCUT2D eigenvalue weighted by Gasteiger charge is 2.38. The molecule has 0 bridgehead atoms. The van der Waals surface area contributed by atoms with Crippen LogP contribution in [0.4, 0.5) is 0 Å². The molecule has 0 saturated heterocycles. The lowest BCUT2D eigenvalue weighted by Gasteiger charge is -2.30. The third-order valence-corrected chi connectivity index (χ3v) is 6.57. The maximum atomic E-state index is 13.6. The SMILES string of the molecule is COC1=CC=CC(OC)C1C(=O)P(c1ccccc1)c1ccccc1. The van der Waals surface area contributed by atoms with Gasteiger partial charge in [-0.25, -0.2) is 0 Å². The Bertz CT molecular complexity index is 729. The van der Waals surface area contributed by atoms with Gasteiger partial charge >= 0.3 is 0 Å². The van der Waals surface area contributed by atoms with Crippen molar-refractivity contribution in [2.24, 2.45) is 5.92 Å². The molecule has 2 unspecified atom stereocenters. The minimum Gasteiger partial charge on any atom is -0.500 e. The molecule has 2 aromatic rings. The van der Waals surface area contributed by atoms with E-state index in [1.807, 2.05) is 78.9 Å². The molecule has 128 valence electrons. The van der Waals surface area contributed by atoms with Crippen molar-refractivity contribution < 1.29 is 14.3 Å². The summed E-state index contributed by atoms with van der Waals surface area (Å²) in [5.41, 5.74) is 0.136. The molecule has 0 amide bonds. The van der Waals surface area contributed by atoms with E-state index >= 15 is 0 Å². The summed E-state index contributed by atoms with van der Waals surface area (Å²) in [6.45, 7) is 0. The van der Waals surface area contributed by atoms with Gasteiger partial charge in [0.25, 0.3) is 0 Å². The van der Waals surface area contributed by atoms with Gasteiger partial charge in [-0.3, -0.25) is 4.79 Å². The van der Waals surface area contributed by atoms with Crippen molar-refractivity contribution in [3.63, 3.8) is 0 Å². The van der Waals surface area contributed by atoms with Gasteiger partial charge in [0, 0.05) is 15.0 Å². The fourth-order valence-corrected chi connectivity index (χ4v) is 5.31. The fourth-order valence-electron chi connectivity index (χ4n) is 3.01. The first-order valence-electron chi connectivity index (χ1n) is 8.15. The van der Waals surface area contributed by atoms with Gasteiger partial charge in [0.05, 0.1) is 13.2 Å². The Hall–Kier alpha value is -2.22. The van der Waals surface area contributed by atoms with Crippen LogP contribution in [-0.4, -0.2) is 25.8 Å². The average molecular weight is 352 g/mol. The second kappa shape index (κ2) is 8.24. The highest BCUT2D eigenvalue weighted by Crippen LogP contribution is 2.42. The summed E-state index contributed by atoms with van der Waals surface area (Å²) in [5.74, 6) is 0.213. The van der Waals surface area contributed by atoms with Crippen molar-refractivity contribution in [3.8, 4) is 0 Å². The summed E-state index contributed by atoms with van der Waals surface area (Å²) in [4.78, 5) is 13.6. The first-order valence-corrected chi connectivity index (χ1v) is 9.49. The maximum Gasteiger partial charge on any atom is 0.176 e. The van der Waals surface area contributed by atoms with Crippen molar-refractivity contribution in [1.29, 1.82) is 0 Å². The number of carbonyl (C=O) groups is 1. The van der Waals surface area contributed by atoms with E-state index in [9.17, 15) is 4.79 Å². The molecule has 2 aromatic carbocycles. The predicted molar refractivity (Wildman–Crippen MR) is 103 cm³/mol. The van der Waals surface area contributed by atoms with Gasteiger partial charge in [0.2, 0.25) is 0 Å². The number of ether oxygens (including phenoxy) is 2. The Morgan fingerprint density at radius 2 is 1.48 bits per heavy atom. The van der Waals surface area contributed by atoms with E-state index in [4.69, 9.17) is 9.47 Å². The van der Waals surface area contributed by atoms with Gasteiger partial charge in [-0.15, -0.1) is 0 Å². The molecular formula is C21H21O3P. The van der Waals surface area contributed by atoms with E-state index in [0.717, 1.165) is 10.6 Å². The average Bonchev–Trinajstić information content (AvgIpc) is 2.69. The van der Waals surface area contributed by atoms with Crippen LogP contribution in [0.15, 0.2) is 84.7 Å². The second-order valence-electron chi connectivity index (χ2n) is 5.68. The third-order valence-electron chi connectivity index (χ3n) is 4.22. The van der Waals surface area contributed by atoms with Gasteiger partial charge in [-0.05, 0) is 16.7 Å². The number of hydrogen-bond acceptors (Lipinski definition) is 3. The zero-order valence-corrected chi connectivity index (χ0v) is 15.2. The predicted octanol–water partition coefficient (Wildman–Crippen LogP) is 3.38. The molecule has 0 spiro atoms. The number of allylic oxidation sites excluding steroid dienone is 2. The lowest BCUT2D eigenvalue weighted by molar-refractivity contribution is -0.117. The number of benzene rings is 2. The molecule has 1 aliphatic rings. The van der Waals surface area contributed by atoms with E-state index in [0.29, 0.717) is 5.76 Å². The van der Waals surface area contributed by atoms with Crippen LogP contribution in [0.1, 0.15) is 0 Å². The Morgan fingerprint density at radius 1 is 0.920 bits per heavy atom. The highest BCUT2D eigenvalue weighted by atomic mass is 31.1. The van der Waals surface area contributed by atoms with E-state index in [2.05, 4.69) is 0 Å². The van der Waals surface area contributed by atoms with Gasteiger partial charge in [0.15, 0.2) is 5.52 Å². The fraction of sp³-hybridized carbons (Fsp3) is 0.190. The van der Waals surface area contributed by atoms with Crippen molar-refractivity contribution in [2.45, 2.75) is 6.10 Å². The molecule has 25 heavy (non-hydrogen) atoms. The molecule has 0 saturated carbocycles. The molecular weight excluding hydrogens is 331 g/mol. The Kier molecular flexibility index (Phi) is 5.80. The summed E-state index contributed by atoms with van der Waals surface area (Å²) in [7, 11) is 2.06. The second-order valence-corrected chi connectivity index (χ2v) is 7.83. The zero-order valence-electron chi connectivity index (χ0n) is 14.3. The summed E-state index contributed by atoms with van der Waals surface area (Å²) >= 11 is 0. The first kappa shape index (κ1) is 17.6. The quantitative estimate of drug-likeness (QED) is 0.748. The normalized spacial score (nSPS) is 19.6. The molecule has 0 aliphatic heterocycles. The van der Waals surface area contributed by atoms with Crippen LogP contribution < -0.4 is 10.6 Å². The van der Waals surface area contributed by atoms with E-state index in [-0.39, 0.29) is 11.6 Å². The summed E-state index contributed by atoms with van der Waals surface area (Å²) < 4.78 is 11.1. The smallest absolute Gasteiger partial charge is 0.176 e. The Labute approximate surface area is 149 Å². The third kappa shape index (κ3) is 3.73. The summed E-state index contributed by atoms with van der Waals surface area (Å²) in [6.07, 6.45) is 5.32. The number of carbonyl (C=O) groups excluding carboxylic acids is 1. The largest absolute Gasteiger partial charge is 0.500 e. The van der Waals surface area contributed by atoms with Gasteiger partial charge < -0.3 is 9.47 Å². The maximum absolute atomic E-state index is 13.6. The topological polar surface area (TPSA) is 35.5 Å². The van der Waals surface area contributed by atoms with Crippen molar-refractivity contribution in [3.05, 3.63) is 84.7 Å². The number of hydrogen-bond donors (Lipinski definition) is 0. The lowest BCUT2D eigenvalue weighted by Crippen LogP contribution is -2.35. The monoisotopic (exact) mass is 352 g/mol. The molecule has 0 heterocycles. The van der Waals surface area contributed by atoms with E-state index in [1.165, 1.54) is 0 Å². The molecule has 0 fully saturated rings. The minimum atomic E-state index is -1.17. The van der Waals surface area contributed by atoms with Crippen LogP contribution in [0.3, 0.4) is 0 Å². The molecule has 3 rings (SSSR count). The Morgan fingerprint density at radius 3 is 1.96 bits per heavy atom. The number of methoxy groups -OCH3 is 2. The first-order chi connectivity index (χ1) is 12.3. The van der Waals surface area contributed by atoms with Crippen molar-refractivity contribution in [1.82, 2.24) is 0 Å². The standard InChI is InChI=1S/C21H21O3P/c1-23-18-14-9-15-19(24-2)20(18)21(22)25(16-10-5-3-6-11-16)17-12-7-4-8-13-17/h3-15,18,20H,1-2H3. The molecule has 0 aromatic heterocycles. The molecule has 1 aliphatic carbocycles. The number of rotatable bonds is 6. The Balaban J connectivity index is 2.05. The van der Waals surface area contributed by atoms with E-state index < -0.39 is 13.8 Å². The van der Waals surface area contributed by atoms with Gasteiger partial charge in [-0.1, -0.05) is 72.8 Å². The summed E-state index contributed by atoms with van der Waals surface area (Å²) in [6, 6.07) is 19.9. The van der Waals surface area contributed by atoms with Crippen LogP contribution in [0.5, 0.6) is 0 Å². The summed E-state index contributed by atoms with van der Waals surface area (Å²) in [5, 5.41) is 2.07. The minimum absolute atomic E-state index is 0.136. The van der Waals surface area contributed by atoms with E-state index in [1.54, 1.807) is 14.2 Å². The molecule has 0 radical (unpaired) electrons.